The fourth-order valence-corrected chi connectivity index (χ4v) is 3.32. The predicted octanol–water partition coefficient (Wildman–Crippen LogP) is 2.09. The summed E-state index contributed by atoms with van der Waals surface area (Å²) in [7, 11) is 3.53. The van der Waals surface area contributed by atoms with Crippen LogP contribution in [0.4, 0.5) is 0 Å². The van der Waals surface area contributed by atoms with E-state index in [9.17, 15) is 0 Å². The van der Waals surface area contributed by atoms with Crippen molar-refractivity contribution in [2.24, 2.45) is 4.99 Å². The van der Waals surface area contributed by atoms with Gasteiger partial charge in [0.1, 0.15) is 0 Å². The minimum Gasteiger partial charge on any atom is -0.385 e. The molecule has 1 atom stereocenters. The van der Waals surface area contributed by atoms with Crippen molar-refractivity contribution in [3.63, 3.8) is 0 Å². The van der Waals surface area contributed by atoms with E-state index >= 15 is 0 Å². The van der Waals surface area contributed by atoms with Crippen molar-refractivity contribution >= 4 is 5.96 Å². The number of rotatable bonds is 9. The maximum Gasteiger partial charge on any atom is 0.191 e. The number of nitrogens with one attached hydrogen (secondary N) is 3. The number of hydrogen-bond acceptors (Lipinski definition) is 4. The van der Waals surface area contributed by atoms with Crippen LogP contribution in [0.1, 0.15) is 37.8 Å². The van der Waals surface area contributed by atoms with Crippen molar-refractivity contribution in [1.82, 2.24) is 16.0 Å². The third-order valence-corrected chi connectivity index (χ3v) is 4.91. The topological polar surface area (TPSA) is 66.9 Å². The lowest BCUT2D eigenvalue weighted by Gasteiger charge is -2.41. The molecule has 2 rings (SSSR count). The molecule has 0 spiro atoms. The molecule has 6 nitrogen and oxygen atoms in total. The molecule has 0 bridgehead atoms. The van der Waals surface area contributed by atoms with Crippen LogP contribution in [-0.2, 0) is 9.47 Å². The highest BCUT2D eigenvalue weighted by molar-refractivity contribution is 5.79. The molecule has 26 heavy (non-hydrogen) atoms. The van der Waals surface area contributed by atoms with Crippen LogP contribution in [0.3, 0.4) is 0 Å². The third kappa shape index (κ3) is 6.59. The molecule has 1 heterocycles. The van der Waals surface area contributed by atoms with Gasteiger partial charge in [-0.25, -0.2) is 0 Å². The molecule has 1 unspecified atom stereocenters. The molecule has 1 saturated heterocycles. The van der Waals surface area contributed by atoms with E-state index in [4.69, 9.17) is 9.47 Å². The van der Waals surface area contributed by atoms with Crippen molar-refractivity contribution in [2.75, 3.05) is 47.1 Å². The minimum atomic E-state index is -0.00232. The van der Waals surface area contributed by atoms with Crippen LogP contribution in [0.5, 0.6) is 0 Å². The molecule has 0 radical (unpaired) electrons. The fraction of sp³-hybridized carbons (Fsp3) is 0.650. The van der Waals surface area contributed by atoms with Crippen LogP contribution in [-0.4, -0.2) is 58.6 Å². The summed E-state index contributed by atoms with van der Waals surface area (Å²) in [4.78, 5) is 4.33. The predicted molar refractivity (Wildman–Crippen MR) is 107 cm³/mol. The average Bonchev–Trinajstić information content (AvgIpc) is 2.69. The Labute approximate surface area is 157 Å². The fourth-order valence-electron chi connectivity index (χ4n) is 3.32. The first-order valence-electron chi connectivity index (χ1n) is 9.53. The number of aliphatic imine (C=N–C) groups is 1. The molecule has 0 aromatic heterocycles. The Morgan fingerprint density at radius 3 is 2.62 bits per heavy atom. The lowest BCUT2D eigenvalue weighted by molar-refractivity contribution is 0.0355. The maximum atomic E-state index is 5.61. The third-order valence-electron chi connectivity index (χ3n) is 4.91. The normalized spacial score (nSPS) is 18.3. The highest BCUT2D eigenvalue weighted by Crippen LogP contribution is 2.25. The molecule has 1 aromatic rings. The second-order valence-corrected chi connectivity index (χ2v) is 6.87. The van der Waals surface area contributed by atoms with E-state index in [2.05, 4.69) is 58.2 Å². The number of ether oxygens (including phenoxy) is 2. The summed E-state index contributed by atoms with van der Waals surface area (Å²) in [6.07, 6.45) is 2.93. The van der Waals surface area contributed by atoms with Crippen molar-refractivity contribution < 1.29 is 9.47 Å². The summed E-state index contributed by atoms with van der Waals surface area (Å²) >= 11 is 0. The summed E-state index contributed by atoms with van der Waals surface area (Å²) < 4.78 is 10.7. The van der Waals surface area contributed by atoms with Crippen LogP contribution in [0.2, 0.25) is 0 Å². The van der Waals surface area contributed by atoms with Crippen molar-refractivity contribution in [3.05, 3.63) is 35.9 Å². The zero-order chi connectivity index (χ0) is 18.7. The van der Waals surface area contributed by atoms with Gasteiger partial charge in [-0.3, -0.25) is 4.99 Å². The van der Waals surface area contributed by atoms with Crippen molar-refractivity contribution in [2.45, 2.75) is 37.8 Å². The van der Waals surface area contributed by atoms with Gasteiger partial charge in [0, 0.05) is 58.6 Å². The first kappa shape index (κ1) is 20.7. The van der Waals surface area contributed by atoms with E-state index in [1.54, 1.807) is 7.11 Å². The van der Waals surface area contributed by atoms with E-state index in [0.717, 1.165) is 58.1 Å². The number of benzene rings is 1. The summed E-state index contributed by atoms with van der Waals surface area (Å²) in [6.45, 7) is 6.22. The molecule has 0 saturated carbocycles. The lowest BCUT2D eigenvalue weighted by Crippen LogP contribution is -2.58. The monoisotopic (exact) mass is 362 g/mol. The molecule has 1 aliphatic heterocycles. The van der Waals surface area contributed by atoms with Gasteiger partial charge in [0.15, 0.2) is 5.96 Å². The van der Waals surface area contributed by atoms with Gasteiger partial charge >= 0.3 is 0 Å². The van der Waals surface area contributed by atoms with E-state index in [1.807, 2.05) is 7.05 Å². The highest BCUT2D eigenvalue weighted by Gasteiger charge is 2.34. The Morgan fingerprint density at radius 1 is 1.23 bits per heavy atom. The maximum absolute atomic E-state index is 5.61. The van der Waals surface area contributed by atoms with E-state index in [0.29, 0.717) is 0 Å². The first-order chi connectivity index (χ1) is 12.7. The van der Waals surface area contributed by atoms with Crippen molar-refractivity contribution in [3.8, 4) is 0 Å². The van der Waals surface area contributed by atoms with Gasteiger partial charge in [-0.1, -0.05) is 30.3 Å². The van der Waals surface area contributed by atoms with Crippen LogP contribution < -0.4 is 16.0 Å². The lowest BCUT2D eigenvalue weighted by atomic mass is 9.88. The van der Waals surface area contributed by atoms with Gasteiger partial charge in [-0.05, 0) is 31.7 Å². The zero-order valence-corrected chi connectivity index (χ0v) is 16.4. The average molecular weight is 363 g/mol. The van der Waals surface area contributed by atoms with E-state index < -0.39 is 0 Å². The summed E-state index contributed by atoms with van der Waals surface area (Å²) in [5, 5.41) is 10.7. The molecule has 6 heteroatoms. The molecule has 1 aliphatic rings. The number of methoxy groups -OCH3 is 1. The molecule has 3 N–H and O–H groups in total. The van der Waals surface area contributed by atoms with Crippen LogP contribution >= 0.6 is 0 Å². The molecular formula is C20H34N4O2. The molecule has 0 aliphatic carbocycles. The van der Waals surface area contributed by atoms with Crippen LogP contribution in [0.15, 0.2) is 35.3 Å². The minimum absolute atomic E-state index is 0.00232. The second-order valence-electron chi connectivity index (χ2n) is 6.87. The van der Waals surface area contributed by atoms with Gasteiger partial charge < -0.3 is 25.4 Å². The van der Waals surface area contributed by atoms with Gasteiger partial charge in [0.2, 0.25) is 0 Å². The Morgan fingerprint density at radius 2 is 1.96 bits per heavy atom. The molecular weight excluding hydrogens is 328 g/mol. The van der Waals surface area contributed by atoms with Gasteiger partial charge in [0.05, 0.1) is 0 Å². The zero-order valence-electron chi connectivity index (χ0n) is 16.4. The SMILES string of the molecule is CN=C(NCCCOC)NCC1(NC(C)c2ccccc2)CCOCC1. The first-order valence-corrected chi connectivity index (χ1v) is 9.53. The Hall–Kier alpha value is -1.63. The quantitative estimate of drug-likeness (QED) is 0.357. The largest absolute Gasteiger partial charge is 0.385 e. The number of hydrogen-bond donors (Lipinski definition) is 3. The summed E-state index contributed by atoms with van der Waals surface area (Å²) in [5.41, 5.74) is 1.30. The smallest absolute Gasteiger partial charge is 0.191 e. The Kier molecular flexibility index (Phi) is 8.88. The summed E-state index contributed by atoms with van der Waals surface area (Å²) in [6, 6.07) is 10.9. The van der Waals surface area contributed by atoms with Crippen LogP contribution in [0.25, 0.3) is 0 Å². The standard InChI is InChI=1S/C20H34N4O2/c1-17(18-8-5-4-6-9-18)24-20(10-14-26-15-11-20)16-23-19(21-2)22-12-7-13-25-3/h4-6,8-9,17,24H,7,10-16H2,1-3H3,(H2,21,22,23). The van der Waals surface area contributed by atoms with Crippen LogP contribution in [0, 0.1) is 0 Å². The molecule has 1 aromatic carbocycles. The van der Waals surface area contributed by atoms with E-state index in [-0.39, 0.29) is 11.6 Å². The summed E-state index contributed by atoms with van der Waals surface area (Å²) in [5.74, 6) is 0.834. The molecule has 1 fully saturated rings. The number of nitrogens with zero attached hydrogens (tertiary/aromatic N) is 1. The van der Waals surface area contributed by atoms with E-state index in [1.165, 1.54) is 5.56 Å². The molecule has 0 amide bonds. The number of guanidine groups is 1. The molecule has 146 valence electrons. The second kappa shape index (κ2) is 11.2. The van der Waals surface area contributed by atoms with Gasteiger partial charge in [0.25, 0.3) is 0 Å². The highest BCUT2D eigenvalue weighted by atomic mass is 16.5. The van der Waals surface area contributed by atoms with Gasteiger partial charge in [-0.15, -0.1) is 0 Å². The Bertz CT molecular complexity index is 530. The van der Waals surface area contributed by atoms with Gasteiger partial charge in [-0.2, -0.15) is 0 Å². The van der Waals surface area contributed by atoms with Crippen molar-refractivity contribution in [1.29, 1.82) is 0 Å². The Balaban J connectivity index is 1.93.